The van der Waals surface area contributed by atoms with Crippen LogP contribution in [-0.4, -0.2) is 17.4 Å². The zero-order valence-corrected chi connectivity index (χ0v) is 12.3. The van der Waals surface area contributed by atoms with Crippen LogP contribution in [0.15, 0.2) is 60.7 Å². The third-order valence-corrected chi connectivity index (χ3v) is 4.03. The van der Waals surface area contributed by atoms with Crippen LogP contribution in [0.2, 0.25) is 0 Å². The summed E-state index contributed by atoms with van der Waals surface area (Å²) in [5.74, 6) is -0.373. The van der Waals surface area contributed by atoms with Gasteiger partial charge in [-0.3, -0.25) is 4.79 Å². The molecule has 0 aliphatic carbocycles. The second kappa shape index (κ2) is 6.56. The minimum absolute atomic E-state index is 0.0605. The quantitative estimate of drug-likeness (QED) is 0.777. The van der Waals surface area contributed by atoms with Gasteiger partial charge in [0.1, 0.15) is 5.82 Å². The van der Waals surface area contributed by atoms with E-state index in [9.17, 15) is 9.18 Å². The number of halogens is 1. The maximum Gasteiger partial charge on any atom is 0.247 e. The van der Waals surface area contributed by atoms with Crippen molar-refractivity contribution in [3.05, 3.63) is 77.6 Å². The molecule has 0 spiro atoms. The molecule has 2 nitrogen and oxygen atoms in total. The van der Waals surface area contributed by atoms with Gasteiger partial charge in [0.25, 0.3) is 0 Å². The Hall–Kier alpha value is -2.42. The zero-order valence-electron chi connectivity index (χ0n) is 12.3. The minimum Gasteiger partial charge on any atom is -0.332 e. The van der Waals surface area contributed by atoms with Crippen molar-refractivity contribution in [2.24, 2.45) is 0 Å². The number of carbonyl (C=O) groups excluding carboxylic acids is 1. The number of hydrogen-bond acceptors (Lipinski definition) is 1. The molecule has 1 amide bonds. The predicted molar refractivity (Wildman–Crippen MR) is 85.6 cm³/mol. The molecule has 1 aliphatic heterocycles. The molecule has 2 aromatic rings. The Labute approximate surface area is 129 Å². The summed E-state index contributed by atoms with van der Waals surface area (Å²) >= 11 is 0. The van der Waals surface area contributed by atoms with Gasteiger partial charge < -0.3 is 4.90 Å². The molecule has 3 rings (SSSR count). The number of rotatable bonds is 3. The van der Waals surface area contributed by atoms with Gasteiger partial charge in [0, 0.05) is 18.2 Å². The number of carbonyl (C=O) groups is 1. The summed E-state index contributed by atoms with van der Waals surface area (Å²) < 4.78 is 13.6. The molecule has 0 N–H and O–H groups in total. The van der Waals surface area contributed by atoms with E-state index in [2.05, 4.69) is 12.1 Å². The molecular weight excluding hydrogens is 277 g/mol. The molecule has 22 heavy (non-hydrogen) atoms. The van der Waals surface area contributed by atoms with Crippen LogP contribution in [0.25, 0.3) is 6.08 Å². The molecule has 0 saturated carbocycles. The summed E-state index contributed by atoms with van der Waals surface area (Å²) in [7, 11) is 0. The minimum atomic E-state index is -0.312. The van der Waals surface area contributed by atoms with E-state index < -0.39 is 0 Å². The summed E-state index contributed by atoms with van der Waals surface area (Å²) in [6.45, 7) is 0.750. The second-order valence-electron chi connectivity index (χ2n) is 5.46. The zero-order chi connectivity index (χ0) is 15.4. The molecule has 0 aromatic heterocycles. The molecule has 1 saturated heterocycles. The molecule has 0 radical (unpaired) electrons. The molecular formula is C19H18FNO. The highest BCUT2D eigenvalue weighted by Gasteiger charge is 2.28. The first-order chi connectivity index (χ1) is 10.8. The average Bonchev–Trinajstić information content (AvgIpc) is 3.04. The number of hydrogen-bond donors (Lipinski definition) is 0. The van der Waals surface area contributed by atoms with Crippen LogP contribution in [-0.2, 0) is 4.79 Å². The van der Waals surface area contributed by atoms with Crippen LogP contribution in [0, 0.1) is 5.82 Å². The molecule has 2 aromatic carbocycles. The fourth-order valence-electron chi connectivity index (χ4n) is 2.92. The van der Waals surface area contributed by atoms with Crippen molar-refractivity contribution in [2.75, 3.05) is 6.54 Å². The highest BCUT2D eigenvalue weighted by Crippen LogP contribution is 2.31. The van der Waals surface area contributed by atoms with Crippen LogP contribution in [0.1, 0.15) is 30.0 Å². The summed E-state index contributed by atoms with van der Waals surface area (Å²) in [6, 6.07) is 16.6. The van der Waals surface area contributed by atoms with Gasteiger partial charge >= 0.3 is 0 Å². The number of likely N-dealkylation sites (tertiary alicyclic amines) is 1. The lowest BCUT2D eigenvalue weighted by molar-refractivity contribution is -0.126. The SMILES string of the molecule is O=C(/C=C/c1ccccc1F)N1CCCC1c1ccccc1. The largest absolute Gasteiger partial charge is 0.332 e. The topological polar surface area (TPSA) is 20.3 Å². The first-order valence-electron chi connectivity index (χ1n) is 7.54. The highest BCUT2D eigenvalue weighted by atomic mass is 19.1. The lowest BCUT2D eigenvalue weighted by atomic mass is 10.0. The summed E-state index contributed by atoms with van der Waals surface area (Å²) in [4.78, 5) is 14.3. The van der Waals surface area contributed by atoms with Gasteiger partial charge in [-0.1, -0.05) is 48.5 Å². The summed E-state index contributed by atoms with van der Waals surface area (Å²) in [5, 5.41) is 0. The maximum absolute atomic E-state index is 13.6. The van der Waals surface area contributed by atoms with E-state index in [1.165, 1.54) is 12.1 Å². The van der Waals surface area contributed by atoms with Crippen molar-refractivity contribution in [3.63, 3.8) is 0 Å². The Bertz CT molecular complexity index is 681. The Morgan fingerprint density at radius 3 is 2.59 bits per heavy atom. The molecule has 1 atom stereocenters. The van der Waals surface area contributed by atoms with E-state index in [0.717, 1.165) is 24.9 Å². The van der Waals surface area contributed by atoms with E-state index in [4.69, 9.17) is 0 Å². The van der Waals surface area contributed by atoms with Crippen LogP contribution < -0.4 is 0 Å². The maximum atomic E-state index is 13.6. The third-order valence-electron chi connectivity index (χ3n) is 4.03. The standard InChI is InChI=1S/C19H18FNO/c20-17-10-5-4-7-15(17)12-13-19(22)21-14-6-11-18(21)16-8-2-1-3-9-16/h1-5,7-10,12-13,18H,6,11,14H2/b13-12+. The average molecular weight is 295 g/mol. The van der Waals surface area contributed by atoms with Crippen molar-refractivity contribution in [1.82, 2.24) is 4.90 Å². The van der Waals surface area contributed by atoms with Crippen LogP contribution in [0.4, 0.5) is 4.39 Å². The fourth-order valence-corrected chi connectivity index (χ4v) is 2.92. The Kier molecular flexibility index (Phi) is 4.33. The Morgan fingerprint density at radius 2 is 1.82 bits per heavy atom. The van der Waals surface area contributed by atoms with E-state index in [1.54, 1.807) is 24.3 Å². The van der Waals surface area contributed by atoms with Gasteiger partial charge in [0.2, 0.25) is 5.91 Å². The van der Waals surface area contributed by atoms with Gasteiger partial charge in [-0.25, -0.2) is 4.39 Å². The molecule has 112 valence electrons. The van der Waals surface area contributed by atoms with Crippen LogP contribution >= 0.6 is 0 Å². The van der Waals surface area contributed by atoms with Crippen molar-refractivity contribution in [2.45, 2.75) is 18.9 Å². The number of amides is 1. The lowest BCUT2D eigenvalue weighted by Gasteiger charge is -2.23. The molecule has 1 aliphatic rings. The number of benzene rings is 2. The predicted octanol–water partition coefficient (Wildman–Crippen LogP) is 4.20. The van der Waals surface area contributed by atoms with Crippen molar-refractivity contribution in [1.29, 1.82) is 0 Å². The molecule has 1 heterocycles. The van der Waals surface area contributed by atoms with E-state index in [0.29, 0.717) is 5.56 Å². The van der Waals surface area contributed by atoms with Gasteiger partial charge in [0.15, 0.2) is 0 Å². The van der Waals surface area contributed by atoms with Gasteiger partial charge in [-0.2, -0.15) is 0 Å². The van der Waals surface area contributed by atoms with Crippen LogP contribution in [0.3, 0.4) is 0 Å². The third kappa shape index (κ3) is 3.08. The molecule has 3 heteroatoms. The van der Waals surface area contributed by atoms with Crippen molar-refractivity contribution >= 4 is 12.0 Å². The van der Waals surface area contributed by atoms with E-state index >= 15 is 0 Å². The van der Waals surface area contributed by atoms with E-state index in [-0.39, 0.29) is 17.8 Å². The van der Waals surface area contributed by atoms with Crippen LogP contribution in [0.5, 0.6) is 0 Å². The first-order valence-corrected chi connectivity index (χ1v) is 7.54. The highest BCUT2D eigenvalue weighted by molar-refractivity contribution is 5.92. The van der Waals surface area contributed by atoms with Gasteiger partial charge in [-0.05, 0) is 30.5 Å². The molecule has 1 unspecified atom stereocenters. The fraction of sp³-hybridized carbons (Fsp3) is 0.211. The Balaban J connectivity index is 1.76. The Morgan fingerprint density at radius 1 is 1.09 bits per heavy atom. The molecule has 1 fully saturated rings. The second-order valence-corrected chi connectivity index (χ2v) is 5.46. The molecule has 0 bridgehead atoms. The lowest BCUT2D eigenvalue weighted by Crippen LogP contribution is -2.28. The smallest absolute Gasteiger partial charge is 0.247 e. The van der Waals surface area contributed by atoms with Crippen molar-refractivity contribution < 1.29 is 9.18 Å². The van der Waals surface area contributed by atoms with Crippen molar-refractivity contribution in [3.8, 4) is 0 Å². The van der Waals surface area contributed by atoms with Gasteiger partial charge in [0.05, 0.1) is 6.04 Å². The summed E-state index contributed by atoms with van der Waals surface area (Å²) in [5.41, 5.74) is 1.60. The first kappa shape index (κ1) is 14.5. The monoisotopic (exact) mass is 295 g/mol. The number of nitrogens with zero attached hydrogens (tertiary/aromatic N) is 1. The van der Waals surface area contributed by atoms with E-state index in [1.807, 2.05) is 23.1 Å². The normalized spacial score (nSPS) is 18.0. The van der Waals surface area contributed by atoms with Gasteiger partial charge in [-0.15, -0.1) is 0 Å². The summed E-state index contributed by atoms with van der Waals surface area (Å²) in [6.07, 6.45) is 5.00.